The highest BCUT2D eigenvalue weighted by molar-refractivity contribution is 7.20. The van der Waals surface area contributed by atoms with E-state index in [1.165, 1.54) is 21.2 Å². The molecule has 52 heavy (non-hydrogen) atoms. The van der Waals surface area contributed by atoms with E-state index in [9.17, 15) is 0 Å². The zero-order valence-electron chi connectivity index (χ0n) is 28.4. The Hall–Kier alpha value is -6.63. The fourth-order valence-corrected chi connectivity index (χ4v) is 8.86. The van der Waals surface area contributed by atoms with Crippen molar-refractivity contribution < 1.29 is 0 Å². The van der Waals surface area contributed by atoms with Gasteiger partial charge in [-0.3, -0.25) is 4.57 Å². The fourth-order valence-electron chi connectivity index (χ4n) is 7.63. The first-order valence-corrected chi connectivity index (χ1v) is 18.2. The van der Waals surface area contributed by atoms with Gasteiger partial charge >= 0.3 is 0 Å². The summed E-state index contributed by atoms with van der Waals surface area (Å²) in [5.41, 5.74) is 8.65. The lowest BCUT2D eigenvalue weighted by molar-refractivity contribution is 0.956. The average Bonchev–Trinajstić information content (AvgIpc) is 3.84. The van der Waals surface area contributed by atoms with Gasteiger partial charge in [0.05, 0.1) is 22.1 Å². The standard InChI is InChI=1S/C46H31N5S/c1-3-4-26-40-29(2)32-22-15-23-36(43(32)52-40)45-47-44(30-16-7-5-8-17-30)48-46(49-45)51-37-24-13-11-20-33(37)34-27-28-39-41(42(34)51)35-21-12-14-25-38(35)50(39)31-18-9-6-10-19-31/h3-28H,1H2,2H3/b26-4-. The predicted octanol–water partition coefficient (Wildman–Crippen LogP) is 12.1. The number of rotatable bonds is 6. The molecular formula is C46H31N5S. The zero-order valence-corrected chi connectivity index (χ0v) is 29.2. The number of hydrogen-bond acceptors (Lipinski definition) is 4. The lowest BCUT2D eigenvalue weighted by Gasteiger charge is -2.12. The van der Waals surface area contributed by atoms with Gasteiger partial charge in [0.25, 0.3) is 0 Å². The first kappa shape index (κ1) is 30.2. The van der Waals surface area contributed by atoms with Gasteiger partial charge in [-0.15, -0.1) is 11.3 Å². The topological polar surface area (TPSA) is 48.5 Å². The van der Waals surface area contributed by atoms with Gasteiger partial charge in [0.15, 0.2) is 11.6 Å². The van der Waals surface area contributed by atoms with Crippen LogP contribution < -0.4 is 0 Å². The third kappa shape index (κ3) is 4.58. The van der Waals surface area contributed by atoms with Gasteiger partial charge in [-0.25, -0.2) is 4.98 Å². The molecule has 0 amide bonds. The third-order valence-electron chi connectivity index (χ3n) is 9.97. The fraction of sp³-hybridized carbons (Fsp3) is 0.0217. The molecule has 5 nitrogen and oxygen atoms in total. The van der Waals surface area contributed by atoms with Gasteiger partial charge in [-0.2, -0.15) is 9.97 Å². The molecule has 0 saturated heterocycles. The predicted molar refractivity (Wildman–Crippen MR) is 219 cm³/mol. The molecule has 10 rings (SSSR count). The molecule has 0 aliphatic rings. The Bertz CT molecular complexity index is 3040. The molecule has 246 valence electrons. The van der Waals surface area contributed by atoms with E-state index in [0.29, 0.717) is 17.6 Å². The lowest BCUT2D eigenvalue weighted by Crippen LogP contribution is -2.06. The summed E-state index contributed by atoms with van der Waals surface area (Å²) in [5.74, 6) is 1.85. The number of aryl methyl sites for hydroxylation is 1. The minimum Gasteiger partial charge on any atom is -0.309 e. The Labute approximate surface area is 304 Å². The van der Waals surface area contributed by atoms with E-state index >= 15 is 0 Å². The number of benzene rings is 6. The number of nitrogens with zero attached hydrogens (tertiary/aromatic N) is 5. The number of para-hydroxylation sites is 3. The maximum Gasteiger partial charge on any atom is 0.238 e. The van der Waals surface area contributed by atoms with Gasteiger partial charge in [-0.1, -0.05) is 122 Å². The molecule has 4 aromatic heterocycles. The molecule has 0 aliphatic heterocycles. The molecule has 0 aliphatic carbocycles. The Morgan fingerprint density at radius 3 is 2.04 bits per heavy atom. The van der Waals surface area contributed by atoms with Crippen molar-refractivity contribution in [3.8, 4) is 34.4 Å². The summed E-state index contributed by atoms with van der Waals surface area (Å²) in [6.45, 7) is 6.06. The Morgan fingerprint density at radius 2 is 1.25 bits per heavy atom. The first-order valence-electron chi connectivity index (χ1n) is 17.3. The molecule has 4 heterocycles. The molecule has 0 atom stereocenters. The van der Waals surface area contributed by atoms with Crippen molar-refractivity contribution >= 4 is 71.1 Å². The first-order chi connectivity index (χ1) is 25.7. The van der Waals surface area contributed by atoms with Crippen molar-refractivity contribution in [2.75, 3.05) is 0 Å². The SMILES string of the molecule is C=C/C=C\c1sc2c(-c3nc(-c4ccccc4)nc(-n4c5ccccc5c5ccc6c(c7ccccc7n6-c6ccccc6)c54)n3)cccc2c1C. The summed E-state index contributed by atoms with van der Waals surface area (Å²) in [6, 6.07) is 49.0. The van der Waals surface area contributed by atoms with Crippen molar-refractivity contribution in [3.63, 3.8) is 0 Å². The van der Waals surface area contributed by atoms with Crippen LogP contribution in [0.25, 0.3) is 94.2 Å². The Morgan fingerprint density at radius 1 is 0.577 bits per heavy atom. The highest BCUT2D eigenvalue weighted by Crippen LogP contribution is 2.43. The van der Waals surface area contributed by atoms with Gasteiger partial charge in [0.1, 0.15) is 0 Å². The summed E-state index contributed by atoms with van der Waals surface area (Å²) >= 11 is 1.75. The van der Waals surface area contributed by atoms with Crippen molar-refractivity contribution in [2.45, 2.75) is 6.92 Å². The summed E-state index contributed by atoms with van der Waals surface area (Å²) in [7, 11) is 0. The van der Waals surface area contributed by atoms with Crippen LogP contribution in [0.4, 0.5) is 0 Å². The Balaban J connectivity index is 1.34. The number of thiophene rings is 1. The number of fused-ring (bicyclic) bond motifs is 8. The van der Waals surface area contributed by atoms with E-state index < -0.39 is 0 Å². The summed E-state index contributed by atoms with van der Waals surface area (Å²) in [4.78, 5) is 17.0. The van der Waals surface area contributed by atoms with E-state index in [1.54, 1.807) is 11.3 Å². The molecule has 0 radical (unpaired) electrons. The summed E-state index contributed by atoms with van der Waals surface area (Å²) in [5, 5.41) is 5.82. The molecular weight excluding hydrogens is 655 g/mol. The van der Waals surface area contributed by atoms with Gasteiger partial charge in [-0.05, 0) is 60.3 Å². The number of allylic oxidation sites excluding steroid dienone is 2. The van der Waals surface area contributed by atoms with Crippen LogP contribution in [0.1, 0.15) is 10.4 Å². The average molecular weight is 686 g/mol. The lowest BCUT2D eigenvalue weighted by atomic mass is 10.1. The molecule has 0 N–H and O–H groups in total. The van der Waals surface area contributed by atoms with Crippen LogP contribution in [0.3, 0.4) is 0 Å². The van der Waals surface area contributed by atoms with Crippen LogP contribution >= 0.6 is 11.3 Å². The molecule has 0 saturated carbocycles. The molecule has 10 aromatic rings. The van der Waals surface area contributed by atoms with E-state index in [4.69, 9.17) is 15.0 Å². The quantitative estimate of drug-likeness (QED) is 0.164. The van der Waals surface area contributed by atoms with Crippen LogP contribution in [0, 0.1) is 6.92 Å². The molecule has 0 bridgehead atoms. The maximum atomic E-state index is 5.38. The van der Waals surface area contributed by atoms with Crippen LogP contribution in [-0.4, -0.2) is 24.1 Å². The second-order valence-electron chi connectivity index (χ2n) is 12.9. The number of hydrogen-bond donors (Lipinski definition) is 0. The maximum absolute atomic E-state index is 5.38. The largest absolute Gasteiger partial charge is 0.309 e. The number of aromatic nitrogens is 5. The second kappa shape index (κ2) is 12.0. The molecule has 0 unspecified atom stereocenters. The molecule has 6 aromatic carbocycles. The van der Waals surface area contributed by atoms with Crippen molar-refractivity contribution in [3.05, 3.63) is 169 Å². The third-order valence-corrected chi connectivity index (χ3v) is 11.3. The van der Waals surface area contributed by atoms with E-state index in [-0.39, 0.29) is 0 Å². The van der Waals surface area contributed by atoms with Crippen LogP contribution in [0.2, 0.25) is 0 Å². The molecule has 6 heteroatoms. The minimum atomic E-state index is 0.580. The highest BCUT2D eigenvalue weighted by atomic mass is 32.1. The monoisotopic (exact) mass is 685 g/mol. The van der Waals surface area contributed by atoms with Crippen molar-refractivity contribution in [2.24, 2.45) is 0 Å². The van der Waals surface area contributed by atoms with E-state index in [1.807, 2.05) is 30.4 Å². The zero-order chi connectivity index (χ0) is 34.8. The molecule has 0 spiro atoms. The van der Waals surface area contributed by atoms with Crippen LogP contribution in [0.15, 0.2) is 158 Å². The molecule has 0 fully saturated rings. The minimum absolute atomic E-state index is 0.580. The summed E-state index contributed by atoms with van der Waals surface area (Å²) in [6.07, 6.45) is 5.93. The van der Waals surface area contributed by atoms with Crippen LogP contribution in [0.5, 0.6) is 0 Å². The van der Waals surface area contributed by atoms with Gasteiger partial charge in [0.2, 0.25) is 5.95 Å². The second-order valence-corrected chi connectivity index (χ2v) is 14.0. The van der Waals surface area contributed by atoms with Crippen molar-refractivity contribution in [1.29, 1.82) is 0 Å². The summed E-state index contributed by atoms with van der Waals surface area (Å²) < 4.78 is 5.76. The van der Waals surface area contributed by atoms with E-state index in [0.717, 1.165) is 59.7 Å². The van der Waals surface area contributed by atoms with Gasteiger partial charge < -0.3 is 4.57 Å². The highest BCUT2D eigenvalue weighted by Gasteiger charge is 2.23. The van der Waals surface area contributed by atoms with Crippen LogP contribution in [-0.2, 0) is 0 Å². The van der Waals surface area contributed by atoms with Crippen molar-refractivity contribution in [1.82, 2.24) is 24.1 Å². The van der Waals surface area contributed by atoms with Gasteiger partial charge in [0, 0.05) is 47.9 Å². The normalized spacial score (nSPS) is 11.9. The van der Waals surface area contributed by atoms with E-state index in [2.05, 4.69) is 150 Å². The smallest absolute Gasteiger partial charge is 0.238 e. The Kier molecular flexibility index (Phi) is 6.98.